The highest BCUT2D eigenvalue weighted by molar-refractivity contribution is 5.73. The number of rotatable bonds is 2. The number of pyridine rings is 1. The van der Waals surface area contributed by atoms with Crippen LogP contribution in [0.1, 0.15) is 5.56 Å². The van der Waals surface area contributed by atoms with Crippen molar-refractivity contribution in [3.63, 3.8) is 0 Å². The standard InChI is InChI=1S/C12H10N2O2/c1-9-2-3-11(12(8-9)14(15)16)10-4-6-13-7-5-10/h2-8H,1H3. The fraction of sp³-hybridized carbons (Fsp3) is 0.0833. The summed E-state index contributed by atoms with van der Waals surface area (Å²) < 4.78 is 0. The van der Waals surface area contributed by atoms with Crippen LogP contribution in [0.2, 0.25) is 0 Å². The summed E-state index contributed by atoms with van der Waals surface area (Å²) in [6.45, 7) is 1.84. The van der Waals surface area contributed by atoms with Crippen LogP contribution in [0.4, 0.5) is 5.69 Å². The predicted octanol–water partition coefficient (Wildman–Crippen LogP) is 2.97. The zero-order valence-electron chi connectivity index (χ0n) is 8.75. The highest BCUT2D eigenvalue weighted by Gasteiger charge is 2.14. The SMILES string of the molecule is Cc1ccc(-c2ccncc2)c([N+](=O)[O-])c1. The summed E-state index contributed by atoms with van der Waals surface area (Å²) in [4.78, 5) is 14.5. The van der Waals surface area contributed by atoms with Crippen molar-refractivity contribution < 1.29 is 4.92 Å². The predicted molar refractivity (Wildman–Crippen MR) is 61.1 cm³/mol. The molecule has 1 aromatic heterocycles. The first-order chi connectivity index (χ1) is 7.68. The topological polar surface area (TPSA) is 56.0 Å². The van der Waals surface area contributed by atoms with Crippen molar-refractivity contribution in [2.45, 2.75) is 6.92 Å². The largest absolute Gasteiger partial charge is 0.277 e. The summed E-state index contributed by atoms with van der Waals surface area (Å²) in [7, 11) is 0. The van der Waals surface area contributed by atoms with Crippen molar-refractivity contribution in [2.75, 3.05) is 0 Å². The second-order valence-electron chi connectivity index (χ2n) is 3.51. The van der Waals surface area contributed by atoms with Crippen molar-refractivity contribution in [1.82, 2.24) is 4.98 Å². The lowest BCUT2D eigenvalue weighted by atomic mass is 10.0. The molecular formula is C12H10N2O2. The van der Waals surface area contributed by atoms with Crippen molar-refractivity contribution in [3.8, 4) is 11.1 Å². The molecule has 0 saturated carbocycles. The second-order valence-corrected chi connectivity index (χ2v) is 3.51. The molecule has 0 radical (unpaired) electrons. The van der Waals surface area contributed by atoms with Crippen molar-refractivity contribution >= 4 is 5.69 Å². The van der Waals surface area contributed by atoms with Crippen LogP contribution in [-0.4, -0.2) is 9.91 Å². The van der Waals surface area contributed by atoms with Gasteiger partial charge in [0.1, 0.15) is 0 Å². The molecule has 0 aliphatic carbocycles. The number of hydrogen-bond donors (Lipinski definition) is 0. The van der Waals surface area contributed by atoms with Crippen LogP contribution in [0, 0.1) is 17.0 Å². The van der Waals surface area contributed by atoms with Crippen LogP contribution in [0.15, 0.2) is 42.7 Å². The first kappa shape index (κ1) is 10.3. The molecule has 4 nitrogen and oxygen atoms in total. The summed E-state index contributed by atoms with van der Waals surface area (Å²) in [6.07, 6.45) is 3.25. The second kappa shape index (κ2) is 4.10. The number of aromatic nitrogens is 1. The Morgan fingerprint density at radius 1 is 1.19 bits per heavy atom. The molecule has 0 bridgehead atoms. The maximum absolute atomic E-state index is 10.9. The van der Waals surface area contributed by atoms with Gasteiger partial charge >= 0.3 is 0 Å². The molecule has 1 aromatic carbocycles. The Morgan fingerprint density at radius 3 is 2.50 bits per heavy atom. The van der Waals surface area contributed by atoms with E-state index < -0.39 is 0 Å². The molecule has 0 N–H and O–H groups in total. The van der Waals surface area contributed by atoms with Crippen LogP contribution in [0.25, 0.3) is 11.1 Å². The van der Waals surface area contributed by atoms with Crippen molar-refractivity contribution in [3.05, 3.63) is 58.4 Å². The fourth-order valence-corrected chi connectivity index (χ4v) is 1.57. The van der Waals surface area contributed by atoms with E-state index in [1.165, 1.54) is 0 Å². The molecule has 0 aliphatic rings. The summed E-state index contributed by atoms with van der Waals surface area (Å²) in [5.41, 5.74) is 2.44. The number of hydrogen-bond acceptors (Lipinski definition) is 3. The van der Waals surface area contributed by atoms with Crippen LogP contribution >= 0.6 is 0 Å². The summed E-state index contributed by atoms with van der Waals surface area (Å²) >= 11 is 0. The Morgan fingerprint density at radius 2 is 1.88 bits per heavy atom. The average Bonchev–Trinajstić information content (AvgIpc) is 2.30. The van der Waals surface area contributed by atoms with Crippen molar-refractivity contribution in [1.29, 1.82) is 0 Å². The van der Waals surface area contributed by atoms with E-state index in [1.807, 2.05) is 13.0 Å². The highest BCUT2D eigenvalue weighted by Crippen LogP contribution is 2.29. The van der Waals surface area contributed by atoms with Gasteiger partial charge in [-0.25, -0.2) is 0 Å². The summed E-state index contributed by atoms with van der Waals surface area (Å²) in [5.74, 6) is 0. The van der Waals surface area contributed by atoms with Gasteiger partial charge in [-0.3, -0.25) is 15.1 Å². The molecule has 16 heavy (non-hydrogen) atoms. The number of aryl methyl sites for hydroxylation is 1. The molecule has 0 spiro atoms. The molecule has 0 amide bonds. The van der Waals surface area contributed by atoms with E-state index in [0.29, 0.717) is 5.56 Å². The normalized spacial score (nSPS) is 10.1. The molecule has 0 aliphatic heterocycles. The lowest BCUT2D eigenvalue weighted by Gasteiger charge is -2.03. The molecule has 0 atom stereocenters. The Hall–Kier alpha value is -2.23. The van der Waals surface area contributed by atoms with E-state index in [9.17, 15) is 10.1 Å². The number of nitro benzene ring substituents is 1. The molecule has 0 fully saturated rings. The zero-order valence-corrected chi connectivity index (χ0v) is 8.75. The number of benzene rings is 1. The van der Waals surface area contributed by atoms with Gasteiger partial charge in [0.05, 0.1) is 10.5 Å². The highest BCUT2D eigenvalue weighted by atomic mass is 16.6. The molecule has 4 heteroatoms. The smallest absolute Gasteiger partial charge is 0.265 e. The molecule has 2 aromatic rings. The van der Waals surface area contributed by atoms with Gasteiger partial charge < -0.3 is 0 Å². The van der Waals surface area contributed by atoms with E-state index in [1.54, 1.807) is 36.7 Å². The minimum atomic E-state index is -0.358. The van der Waals surface area contributed by atoms with E-state index in [0.717, 1.165) is 11.1 Å². The zero-order chi connectivity index (χ0) is 11.5. The fourth-order valence-electron chi connectivity index (χ4n) is 1.57. The van der Waals surface area contributed by atoms with Crippen LogP contribution in [0.5, 0.6) is 0 Å². The third-order valence-electron chi connectivity index (χ3n) is 2.34. The van der Waals surface area contributed by atoms with E-state index in [4.69, 9.17) is 0 Å². The maximum Gasteiger partial charge on any atom is 0.277 e. The van der Waals surface area contributed by atoms with Gasteiger partial charge in [-0.2, -0.15) is 0 Å². The Labute approximate surface area is 92.7 Å². The van der Waals surface area contributed by atoms with Gasteiger partial charge in [0.15, 0.2) is 0 Å². The van der Waals surface area contributed by atoms with E-state index in [-0.39, 0.29) is 10.6 Å². The van der Waals surface area contributed by atoms with Gasteiger partial charge in [-0.1, -0.05) is 6.07 Å². The molecular weight excluding hydrogens is 204 g/mol. The average molecular weight is 214 g/mol. The number of nitrogens with zero attached hydrogens (tertiary/aromatic N) is 2. The minimum absolute atomic E-state index is 0.131. The molecule has 80 valence electrons. The first-order valence-electron chi connectivity index (χ1n) is 4.84. The third-order valence-corrected chi connectivity index (χ3v) is 2.34. The Bertz CT molecular complexity index is 524. The van der Waals surface area contributed by atoms with Gasteiger partial charge in [0.2, 0.25) is 0 Å². The minimum Gasteiger partial charge on any atom is -0.265 e. The van der Waals surface area contributed by atoms with Crippen LogP contribution in [0.3, 0.4) is 0 Å². The Kier molecular flexibility index (Phi) is 2.64. The monoisotopic (exact) mass is 214 g/mol. The summed E-state index contributed by atoms with van der Waals surface area (Å²) in [6, 6.07) is 8.73. The van der Waals surface area contributed by atoms with E-state index >= 15 is 0 Å². The molecule has 0 unspecified atom stereocenters. The lowest BCUT2D eigenvalue weighted by molar-refractivity contribution is -0.384. The lowest BCUT2D eigenvalue weighted by Crippen LogP contribution is -1.92. The van der Waals surface area contributed by atoms with Gasteiger partial charge in [-0.05, 0) is 36.2 Å². The molecule has 0 saturated heterocycles. The maximum atomic E-state index is 10.9. The van der Waals surface area contributed by atoms with Gasteiger partial charge in [-0.15, -0.1) is 0 Å². The van der Waals surface area contributed by atoms with Gasteiger partial charge in [0.25, 0.3) is 5.69 Å². The van der Waals surface area contributed by atoms with Crippen LogP contribution in [-0.2, 0) is 0 Å². The number of nitro groups is 1. The third kappa shape index (κ3) is 1.91. The first-order valence-corrected chi connectivity index (χ1v) is 4.84. The summed E-state index contributed by atoms with van der Waals surface area (Å²) in [5, 5.41) is 10.9. The molecule has 2 rings (SSSR count). The molecule has 1 heterocycles. The van der Waals surface area contributed by atoms with Crippen molar-refractivity contribution in [2.24, 2.45) is 0 Å². The van der Waals surface area contributed by atoms with E-state index in [2.05, 4.69) is 4.98 Å². The quantitative estimate of drug-likeness (QED) is 0.570. The van der Waals surface area contributed by atoms with Crippen LogP contribution < -0.4 is 0 Å². The van der Waals surface area contributed by atoms with Gasteiger partial charge in [0, 0.05) is 18.5 Å². The Balaban J connectivity index is 2.61.